The molecule has 4 bridgehead atoms. The van der Waals surface area contributed by atoms with Crippen molar-refractivity contribution in [3.63, 3.8) is 0 Å². The molecule has 0 aliphatic carbocycles. The first-order chi connectivity index (χ1) is 6.63. The third-order valence-electron chi connectivity index (χ3n) is 2.40. The Kier molecular flexibility index (Phi) is 4.27. The van der Waals surface area contributed by atoms with Gasteiger partial charge in [-0.3, -0.25) is 19.6 Å². The van der Waals surface area contributed by atoms with Gasteiger partial charge in [0.05, 0.1) is 45.1 Å². The van der Waals surface area contributed by atoms with Crippen LogP contribution in [0.5, 0.6) is 0 Å². The summed E-state index contributed by atoms with van der Waals surface area (Å²) in [7, 11) is 0. The van der Waals surface area contributed by atoms with Crippen molar-refractivity contribution in [3.8, 4) is 0 Å². The van der Waals surface area contributed by atoms with E-state index in [1.807, 2.05) is 0 Å². The molecule has 4 rings (SSSR count). The average Bonchev–Trinajstić information content (AvgIpc) is 1.98. The van der Waals surface area contributed by atoms with Crippen LogP contribution in [0.4, 0.5) is 0 Å². The van der Waals surface area contributed by atoms with E-state index in [0.29, 0.717) is 0 Å². The van der Waals surface area contributed by atoms with Crippen LogP contribution in [-0.2, 0) is 17.4 Å². The minimum Gasteiger partial charge on any atom is -0.356 e. The predicted molar refractivity (Wildman–Crippen MR) is 46.9 cm³/mol. The van der Waals surface area contributed by atoms with Gasteiger partial charge in [0.1, 0.15) is 0 Å². The number of rotatable bonds is 0. The molecule has 4 heterocycles. The van der Waals surface area contributed by atoms with Crippen LogP contribution in [0.15, 0.2) is 0 Å². The molecule has 9 heteroatoms. The Labute approximate surface area is 97.9 Å². The summed E-state index contributed by atoms with van der Waals surface area (Å²) >= 11 is 0. The van der Waals surface area contributed by atoms with Gasteiger partial charge in [0.15, 0.2) is 0 Å². The van der Waals surface area contributed by atoms with E-state index in [1.165, 1.54) is 40.0 Å². The molecule has 4 aliphatic rings. The molecule has 8 nitrogen and oxygen atoms in total. The number of hydrogen-bond donors (Lipinski definition) is 0. The molecular weight excluding hydrogens is 242 g/mol. The summed E-state index contributed by atoms with van der Waals surface area (Å²) in [6, 6.07) is 0. The Morgan fingerprint density at radius 1 is 0.733 bits per heavy atom. The zero-order valence-electron chi connectivity index (χ0n) is 8.11. The Morgan fingerprint density at radius 2 is 0.867 bits per heavy atom. The summed E-state index contributed by atoms with van der Waals surface area (Å²) in [4.78, 5) is 18.1. The van der Waals surface area contributed by atoms with Gasteiger partial charge in [-0.05, 0) is 0 Å². The summed E-state index contributed by atoms with van der Waals surface area (Å²) in [5.41, 5.74) is 0. The molecule has 86 valence electrons. The minimum atomic E-state index is -1.75. The second kappa shape index (κ2) is 5.07. The molecule has 0 radical (unpaired) electrons. The fourth-order valence-electron chi connectivity index (χ4n) is 2.23. The van der Waals surface area contributed by atoms with E-state index in [2.05, 4.69) is 19.6 Å². The van der Waals surface area contributed by atoms with Gasteiger partial charge in [0.25, 0.3) is 0 Å². The molecule has 0 spiro atoms. The molecule has 0 N–H and O–H groups in total. The summed E-state index contributed by atoms with van der Waals surface area (Å²) < 4.78 is 0. The van der Waals surface area contributed by atoms with Gasteiger partial charge in [0, 0.05) is 17.4 Å². The standard InChI is InChI=1S/C6H12N4.Cr.NO3/c1-7-2-9-4-8(1)5-10(3-7)6-9;;2-1(3)4/h1-6H2;;/q;;-1. The van der Waals surface area contributed by atoms with E-state index >= 15 is 0 Å². The second-order valence-electron chi connectivity index (χ2n) is 3.76. The molecule has 0 aromatic carbocycles. The van der Waals surface area contributed by atoms with Gasteiger partial charge in [-0.2, -0.15) is 0 Å². The normalized spacial score (nSPS) is 40.0. The molecule has 0 amide bonds. The summed E-state index contributed by atoms with van der Waals surface area (Å²) in [6.45, 7) is 7.12. The molecule has 15 heavy (non-hydrogen) atoms. The minimum absolute atomic E-state index is 0. The van der Waals surface area contributed by atoms with Crippen LogP contribution < -0.4 is 0 Å². The van der Waals surface area contributed by atoms with Gasteiger partial charge < -0.3 is 15.3 Å². The van der Waals surface area contributed by atoms with E-state index in [0.717, 1.165) is 0 Å². The van der Waals surface area contributed by atoms with Crippen molar-refractivity contribution in [2.24, 2.45) is 0 Å². The summed E-state index contributed by atoms with van der Waals surface area (Å²) in [5, 5.41) is 14.8. The number of nitrogens with zero attached hydrogens (tertiary/aromatic N) is 5. The molecule has 0 atom stereocenters. The molecule has 4 fully saturated rings. The number of hydrogen-bond acceptors (Lipinski definition) is 7. The molecular formula is C6H12CrN5O3-. The van der Waals surface area contributed by atoms with E-state index in [-0.39, 0.29) is 17.4 Å². The Morgan fingerprint density at radius 3 is 1.00 bits per heavy atom. The van der Waals surface area contributed by atoms with Gasteiger partial charge >= 0.3 is 0 Å². The Bertz CT molecular complexity index is 180. The first-order valence-electron chi connectivity index (χ1n) is 4.34. The zero-order valence-corrected chi connectivity index (χ0v) is 9.39. The maximum Gasteiger partial charge on any atom is 0.0689 e. The van der Waals surface area contributed by atoms with E-state index < -0.39 is 5.09 Å². The van der Waals surface area contributed by atoms with E-state index in [9.17, 15) is 0 Å². The molecule has 0 unspecified atom stereocenters. The van der Waals surface area contributed by atoms with Crippen molar-refractivity contribution in [2.45, 2.75) is 0 Å². The Balaban J connectivity index is 0.000000200. The summed E-state index contributed by atoms with van der Waals surface area (Å²) in [5.74, 6) is 0. The van der Waals surface area contributed by atoms with Crippen molar-refractivity contribution in [1.82, 2.24) is 19.6 Å². The van der Waals surface area contributed by atoms with Crippen molar-refractivity contribution >= 4 is 0 Å². The maximum atomic E-state index is 8.25. The van der Waals surface area contributed by atoms with Gasteiger partial charge in [0.2, 0.25) is 0 Å². The molecule has 0 aromatic rings. The van der Waals surface area contributed by atoms with Crippen molar-refractivity contribution in [1.29, 1.82) is 0 Å². The van der Waals surface area contributed by atoms with Gasteiger partial charge in [-0.25, -0.2) is 0 Å². The second-order valence-corrected chi connectivity index (χ2v) is 3.76. The monoisotopic (exact) mass is 254 g/mol. The van der Waals surface area contributed by atoms with E-state index in [4.69, 9.17) is 15.3 Å². The zero-order chi connectivity index (χ0) is 10.1. The average molecular weight is 254 g/mol. The molecule has 4 aliphatic heterocycles. The van der Waals surface area contributed by atoms with Gasteiger partial charge in [-0.1, -0.05) is 0 Å². The fraction of sp³-hybridized carbons (Fsp3) is 1.00. The quantitative estimate of drug-likeness (QED) is 0.394. The third kappa shape index (κ3) is 3.27. The van der Waals surface area contributed by atoms with Crippen molar-refractivity contribution < 1.29 is 22.4 Å². The van der Waals surface area contributed by atoms with Crippen LogP contribution in [0.25, 0.3) is 0 Å². The third-order valence-corrected chi connectivity index (χ3v) is 2.40. The van der Waals surface area contributed by atoms with Crippen LogP contribution in [0.2, 0.25) is 0 Å². The largest absolute Gasteiger partial charge is 0.356 e. The first-order valence-corrected chi connectivity index (χ1v) is 4.34. The van der Waals surface area contributed by atoms with Crippen LogP contribution >= 0.6 is 0 Å². The van der Waals surface area contributed by atoms with Crippen LogP contribution in [0.3, 0.4) is 0 Å². The van der Waals surface area contributed by atoms with E-state index in [1.54, 1.807) is 0 Å². The van der Waals surface area contributed by atoms with Crippen molar-refractivity contribution in [2.75, 3.05) is 40.0 Å². The fourth-order valence-corrected chi connectivity index (χ4v) is 2.23. The SMILES string of the molecule is C1N2CN3CN1CN(C2)C3.O=[N+]([O-])[O-].[Cr]. The van der Waals surface area contributed by atoms with Crippen LogP contribution in [0.1, 0.15) is 0 Å². The smallest absolute Gasteiger partial charge is 0.0689 e. The van der Waals surface area contributed by atoms with Crippen molar-refractivity contribution in [3.05, 3.63) is 15.3 Å². The summed E-state index contributed by atoms with van der Waals surface area (Å²) in [6.07, 6.45) is 0. The molecule has 0 aromatic heterocycles. The Hall–Kier alpha value is -0.428. The van der Waals surface area contributed by atoms with Crippen LogP contribution in [-0.4, -0.2) is 64.7 Å². The van der Waals surface area contributed by atoms with Gasteiger partial charge in [-0.15, -0.1) is 0 Å². The predicted octanol–water partition coefficient (Wildman–Crippen LogP) is -1.26. The molecule has 0 saturated carbocycles. The first kappa shape index (κ1) is 12.6. The topological polar surface area (TPSA) is 79.2 Å². The molecule has 4 saturated heterocycles. The maximum absolute atomic E-state index is 8.25. The van der Waals surface area contributed by atoms with Crippen LogP contribution in [0, 0.1) is 15.3 Å².